The number of amides is 1. The standard InChI is InChI=1S/C20H18N2O4S/c1-12-18(13-3-6-15(24-2)7-4-13)21-20(27-12)22-19(23)14-5-8-16-17(11-14)26-10-9-25-16/h3-8,11H,9-10H2,1-2H3,(H,21,22,23). The van der Waals surface area contributed by atoms with Gasteiger partial charge in [0.05, 0.1) is 12.8 Å². The Morgan fingerprint density at radius 3 is 2.59 bits per heavy atom. The average molecular weight is 382 g/mol. The smallest absolute Gasteiger partial charge is 0.257 e. The first-order valence-electron chi connectivity index (χ1n) is 8.47. The molecule has 0 atom stereocenters. The van der Waals surface area contributed by atoms with Crippen molar-refractivity contribution in [2.24, 2.45) is 0 Å². The van der Waals surface area contributed by atoms with Gasteiger partial charge in [0.2, 0.25) is 0 Å². The second kappa shape index (κ2) is 7.28. The van der Waals surface area contributed by atoms with E-state index in [1.54, 1.807) is 25.3 Å². The van der Waals surface area contributed by atoms with Crippen LogP contribution in [0.3, 0.4) is 0 Å². The van der Waals surface area contributed by atoms with E-state index < -0.39 is 0 Å². The van der Waals surface area contributed by atoms with Gasteiger partial charge < -0.3 is 14.2 Å². The molecule has 0 saturated carbocycles. The van der Waals surface area contributed by atoms with E-state index in [4.69, 9.17) is 14.2 Å². The molecule has 0 radical (unpaired) electrons. The predicted octanol–water partition coefficient (Wildman–Crippen LogP) is 4.15. The van der Waals surface area contributed by atoms with Crippen molar-refractivity contribution >= 4 is 22.4 Å². The molecule has 0 unspecified atom stereocenters. The molecule has 6 nitrogen and oxygen atoms in total. The van der Waals surface area contributed by atoms with Crippen LogP contribution in [0.4, 0.5) is 5.13 Å². The molecule has 7 heteroatoms. The van der Waals surface area contributed by atoms with Gasteiger partial charge in [0, 0.05) is 16.0 Å². The Hall–Kier alpha value is -3.06. The first-order chi connectivity index (χ1) is 13.1. The Labute approximate surface area is 160 Å². The molecule has 3 aromatic rings. The van der Waals surface area contributed by atoms with Gasteiger partial charge in [0.1, 0.15) is 19.0 Å². The van der Waals surface area contributed by atoms with Gasteiger partial charge in [-0.2, -0.15) is 0 Å². The molecule has 4 rings (SSSR count). The molecule has 1 N–H and O–H groups in total. The van der Waals surface area contributed by atoms with Crippen LogP contribution in [0.25, 0.3) is 11.3 Å². The summed E-state index contributed by atoms with van der Waals surface area (Å²) in [5.74, 6) is 1.80. The number of aryl methyl sites for hydroxylation is 1. The first kappa shape index (κ1) is 17.4. The SMILES string of the molecule is COc1ccc(-c2nc(NC(=O)c3ccc4c(c3)OCCO4)sc2C)cc1. The van der Waals surface area contributed by atoms with Crippen LogP contribution in [0.1, 0.15) is 15.2 Å². The fraction of sp³-hybridized carbons (Fsp3) is 0.200. The number of nitrogens with zero attached hydrogens (tertiary/aromatic N) is 1. The molecule has 1 aliphatic rings. The highest BCUT2D eigenvalue weighted by atomic mass is 32.1. The monoisotopic (exact) mass is 382 g/mol. The molecule has 2 heterocycles. The summed E-state index contributed by atoms with van der Waals surface area (Å²) in [5, 5.41) is 3.42. The van der Waals surface area contributed by atoms with E-state index in [-0.39, 0.29) is 5.91 Å². The number of methoxy groups -OCH3 is 1. The Kier molecular flexibility index (Phi) is 4.68. The Morgan fingerprint density at radius 1 is 1.11 bits per heavy atom. The second-order valence-corrected chi connectivity index (χ2v) is 7.17. The van der Waals surface area contributed by atoms with Crippen LogP contribution in [0.15, 0.2) is 42.5 Å². The van der Waals surface area contributed by atoms with Crippen LogP contribution < -0.4 is 19.5 Å². The average Bonchev–Trinajstić information content (AvgIpc) is 3.07. The van der Waals surface area contributed by atoms with Gasteiger partial charge in [-0.3, -0.25) is 10.1 Å². The maximum Gasteiger partial charge on any atom is 0.257 e. The van der Waals surface area contributed by atoms with Crippen molar-refractivity contribution in [1.82, 2.24) is 4.98 Å². The highest BCUT2D eigenvalue weighted by molar-refractivity contribution is 7.16. The topological polar surface area (TPSA) is 69.7 Å². The molecule has 138 valence electrons. The lowest BCUT2D eigenvalue weighted by molar-refractivity contribution is 0.102. The van der Waals surface area contributed by atoms with Crippen LogP contribution in [0.5, 0.6) is 17.2 Å². The maximum absolute atomic E-state index is 12.6. The summed E-state index contributed by atoms with van der Waals surface area (Å²) >= 11 is 1.44. The zero-order chi connectivity index (χ0) is 18.8. The number of thiazole rings is 1. The summed E-state index contributed by atoms with van der Waals surface area (Å²) in [5.41, 5.74) is 2.32. The summed E-state index contributed by atoms with van der Waals surface area (Å²) < 4.78 is 16.2. The van der Waals surface area contributed by atoms with Crippen molar-refractivity contribution in [2.45, 2.75) is 6.92 Å². The third kappa shape index (κ3) is 3.59. The number of rotatable bonds is 4. The van der Waals surface area contributed by atoms with Crippen molar-refractivity contribution in [2.75, 3.05) is 25.6 Å². The minimum absolute atomic E-state index is 0.234. The molecule has 0 aliphatic carbocycles. The van der Waals surface area contributed by atoms with Crippen LogP contribution in [-0.4, -0.2) is 31.2 Å². The first-order valence-corrected chi connectivity index (χ1v) is 9.28. The minimum Gasteiger partial charge on any atom is -0.497 e. The number of aromatic nitrogens is 1. The van der Waals surface area contributed by atoms with Gasteiger partial charge in [0.15, 0.2) is 16.6 Å². The van der Waals surface area contributed by atoms with Crippen molar-refractivity contribution in [3.8, 4) is 28.5 Å². The Bertz CT molecular complexity index is 982. The van der Waals surface area contributed by atoms with E-state index in [1.807, 2.05) is 31.2 Å². The molecule has 0 spiro atoms. The molecule has 2 aromatic carbocycles. The molecular weight excluding hydrogens is 364 g/mol. The number of carbonyl (C=O) groups is 1. The van der Waals surface area contributed by atoms with Gasteiger partial charge in [-0.1, -0.05) is 0 Å². The largest absolute Gasteiger partial charge is 0.497 e. The lowest BCUT2D eigenvalue weighted by atomic mass is 10.1. The Morgan fingerprint density at radius 2 is 1.85 bits per heavy atom. The Balaban J connectivity index is 1.53. The summed E-state index contributed by atoms with van der Waals surface area (Å²) in [7, 11) is 1.63. The van der Waals surface area contributed by atoms with E-state index in [0.717, 1.165) is 21.9 Å². The van der Waals surface area contributed by atoms with E-state index in [1.165, 1.54) is 11.3 Å². The quantitative estimate of drug-likeness (QED) is 0.734. The second-order valence-electron chi connectivity index (χ2n) is 5.96. The van der Waals surface area contributed by atoms with Gasteiger partial charge in [-0.25, -0.2) is 4.98 Å². The lowest BCUT2D eigenvalue weighted by Crippen LogP contribution is -2.17. The van der Waals surface area contributed by atoms with E-state index in [2.05, 4.69) is 10.3 Å². The summed E-state index contributed by atoms with van der Waals surface area (Å²) in [6, 6.07) is 12.8. The molecule has 0 bridgehead atoms. The maximum atomic E-state index is 12.6. The highest BCUT2D eigenvalue weighted by Gasteiger charge is 2.17. The van der Waals surface area contributed by atoms with Gasteiger partial charge >= 0.3 is 0 Å². The number of carbonyl (C=O) groups excluding carboxylic acids is 1. The fourth-order valence-corrected chi connectivity index (χ4v) is 3.65. The van der Waals surface area contributed by atoms with Crippen LogP contribution >= 0.6 is 11.3 Å². The lowest BCUT2D eigenvalue weighted by Gasteiger charge is -2.18. The number of hydrogen-bond acceptors (Lipinski definition) is 6. The third-order valence-electron chi connectivity index (χ3n) is 4.18. The van der Waals surface area contributed by atoms with Crippen molar-refractivity contribution < 1.29 is 19.0 Å². The van der Waals surface area contributed by atoms with Crippen molar-refractivity contribution in [3.63, 3.8) is 0 Å². The summed E-state index contributed by atoms with van der Waals surface area (Å²) in [6.07, 6.45) is 0. The molecule has 1 aliphatic heterocycles. The number of benzene rings is 2. The molecule has 0 fully saturated rings. The predicted molar refractivity (Wildman–Crippen MR) is 104 cm³/mol. The van der Waals surface area contributed by atoms with Gasteiger partial charge in [-0.15, -0.1) is 11.3 Å². The molecule has 27 heavy (non-hydrogen) atoms. The third-order valence-corrected chi connectivity index (χ3v) is 5.07. The minimum atomic E-state index is -0.234. The highest BCUT2D eigenvalue weighted by Crippen LogP contribution is 2.33. The molecule has 1 aromatic heterocycles. The summed E-state index contributed by atoms with van der Waals surface area (Å²) in [6.45, 7) is 2.98. The van der Waals surface area contributed by atoms with Gasteiger partial charge in [0.25, 0.3) is 5.91 Å². The van der Waals surface area contributed by atoms with E-state index >= 15 is 0 Å². The van der Waals surface area contributed by atoms with Crippen LogP contribution in [0.2, 0.25) is 0 Å². The van der Waals surface area contributed by atoms with E-state index in [9.17, 15) is 4.79 Å². The summed E-state index contributed by atoms with van der Waals surface area (Å²) in [4.78, 5) is 18.2. The number of anilines is 1. The zero-order valence-electron chi connectivity index (χ0n) is 14.9. The van der Waals surface area contributed by atoms with Crippen molar-refractivity contribution in [3.05, 3.63) is 52.9 Å². The van der Waals surface area contributed by atoms with Crippen molar-refractivity contribution in [1.29, 1.82) is 0 Å². The van der Waals surface area contributed by atoms with Crippen LogP contribution in [0, 0.1) is 6.92 Å². The molecule has 0 saturated heterocycles. The zero-order valence-corrected chi connectivity index (χ0v) is 15.8. The fourth-order valence-electron chi connectivity index (χ4n) is 2.82. The van der Waals surface area contributed by atoms with E-state index in [0.29, 0.717) is 35.4 Å². The van der Waals surface area contributed by atoms with Crippen LogP contribution in [-0.2, 0) is 0 Å². The normalized spacial score (nSPS) is 12.5. The number of fused-ring (bicyclic) bond motifs is 1. The van der Waals surface area contributed by atoms with Gasteiger partial charge in [-0.05, 0) is 49.4 Å². The molecular formula is C20H18N2O4S. The number of hydrogen-bond donors (Lipinski definition) is 1. The molecule has 1 amide bonds. The number of nitrogens with one attached hydrogen (secondary N) is 1. The number of ether oxygens (including phenoxy) is 3.